The van der Waals surface area contributed by atoms with E-state index in [0.29, 0.717) is 5.92 Å². The highest BCUT2D eigenvalue weighted by Gasteiger charge is 2.34. The lowest BCUT2D eigenvalue weighted by molar-refractivity contribution is 0.0282. The average Bonchev–Trinajstić information content (AvgIpc) is 2.77. The Morgan fingerprint density at radius 2 is 2.06 bits per heavy atom. The summed E-state index contributed by atoms with van der Waals surface area (Å²) in [5.41, 5.74) is -0.387. The second kappa shape index (κ2) is 5.47. The van der Waals surface area contributed by atoms with Gasteiger partial charge in [-0.3, -0.25) is 0 Å². The Hall–Kier alpha value is -0.770. The second-order valence-corrected chi connectivity index (χ2v) is 6.58. The quantitative estimate of drug-likeness (QED) is 0.780. The van der Waals surface area contributed by atoms with Gasteiger partial charge in [-0.25, -0.2) is 4.79 Å². The normalized spacial score (nSPS) is 29.4. The molecule has 0 saturated carbocycles. The first kappa shape index (κ1) is 13.7. The van der Waals surface area contributed by atoms with E-state index in [9.17, 15) is 4.79 Å². The smallest absolute Gasteiger partial charge is 0.410 e. The Morgan fingerprint density at radius 3 is 2.67 bits per heavy atom. The number of nitrogens with zero attached hydrogens (tertiary/aromatic N) is 1. The maximum atomic E-state index is 12.0. The summed E-state index contributed by atoms with van der Waals surface area (Å²) in [6.07, 6.45) is 3.56. The van der Waals surface area contributed by atoms with E-state index in [1.54, 1.807) is 0 Å². The summed E-state index contributed by atoms with van der Waals surface area (Å²) in [5.74, 6) is 1.40. The van der Waals surface area contributed by atoms with Crippen molar-refractivity contribution in [2.24, 2.45) is 11.8 Å². The van der Waals surface area contributed by atoms with E-state index in [0.717, 1.165) is 38.5 Å². The van der Waals surface area contributed by atoms with Crippen molar-refractivity contribution in [1.29, 1.82) is 0 Å². The molecule has 0 aromatic rings. The van der Waals surface area contributed by atoms with E-state index < -0.39 is 0 Å². The minimum atomic E-state index is -0.387. The minimum Gasteiger partial charge on any atom is -0.444 e. The number of nitrogens with one attached hydrogen (secondary N) is 1. The maximum Gasteiger partial charge on any atom is 0.410 e. The highest BCUT2D eigenvalue weighted by molar-refractivity contribution is 5.68. The molecule has 0 aromatic carbocycles. The van der Waals surface area contributed by atoms with Crippen LogP contribution in [-0.4, -0.2) is 42.8 Å². The van der Waals surface area contributed by atoms with Gasteiger partial charge in [0, 0.05) is 13.1 Å². The molecule has 2 saturated heterocycles. The first-order valence-corrected chi connectivity index (χ1v) is 7.14. The molecular weight excluding hydrogens is 228 g/mol. The maximum absolute atomic E-state index is 12.0. The summed E-state index contributed by atoms with van der Waals surface area (Å²) in [4.78, 5) is 13.9. The van der Waals surface area contributed by atoms with E-state index in [1.807, 2.05) is 25.7 Å². The zero-order valence-electron chi connectivity index (χ0n) is 11.9. The monoisotopic (exact) mass is 254 g/mol. The number of likely N-dealkylation sites (tertiary alicyclic amines) is 1. The van der Waals surface area contributed by atoms with Gasteiger partial charge >= 0.3 is 6.09 Å². The minimum absolute atomic E-state index is 0.145. The zero-order valence-corrected chi connectivity index (χ0v) is 11.9. The van der Waals surface area contributed by atoms with Gasteiger partial charge in [-0.05, 0) is 65.0 Å². The summed E-state index contributed by atoms with van der Waals surface area (Å²) in [6, 6.07) is 0. The predicted molar refractivity (Wildman–Crippen MR) is 71.5 cm³/mol. The number of amides is 1. The highest BCUT2D eigenvalue weighted by atomic mass is 16.6. The number of hydrogen-bond donors (Lipinski definition) is 1. The van der Waals surface area contributed by atoms with E-state index in [2.05, 4.69) is 5.32 Å². The molecular formula is C14H26N2O2. The molecule has 2 atom stereocenters. The first-order valence-electron chi connectivity index (χ1n) is 7.14. The molecule has 104 valence electrons. The van der Waals surface area contributed by atoms with Crippen LogP contribution in [0.1, 0.15) is 40.0 Å². The molecule has 0 unspecified atom stereocenters. The summed E-state index contributed by atoms with van der Waals surface area (Å²) >= 11 is 0. The van der Waals surface area contributed by atoms with Crippen molar-refractivity contribution in [2.75, 3.05) is 26.2 Å². The Labute approximate surface area is 110 Å². The summed E-state index contributed by atoms with van der Waals surface area (Å²) in [7, 11) is 0. The van der Waals surface area contributed by atoms with Gasteiger partial charge in [-0.2, -0.15) is 0 Å². The fourth-order valence-electron chi connectivity index (χ4n) is 2.95. The lowest BCUT2D eigenvalue weighted by Gasteiger charge is -2.28. The summed E-state index contributed by atoms with van der Waals surface area (Å²) in [5, 5.41) is 3.46. The predicted octanol–water partition coefficient (Wildman–Crippen LogP) is 2.24. The fraction of sp³-hybridized carbons (Fsp3) is 0.929. The molecule has 0 spiro atoms. The van der Waals surface area contributed by atoms with Crippen LogP contribution < -0.4 is 5.32 Å². The lowest BCUT2D eigenvalue weighted by Crippen LogP contribution is -2.38. The van der Waals surface area contributed by atoms with E-state index in [-0.39, 0.29) is 11.7 Å². The van der Waals surface area contributed by atoms with Crippen LogP contribution in [0.3, 0.4) is 0 Å². The molecule has 0 radical (unpaired) electrons. The van der Waals surface area contributed by atoms with Crippen LogP contribution in [0.15, 0.2) is 0 Å². The standard InChI is InChI=1S/C14H26N2O2/c1-14(2,3)18-13(17)16-8-6-12(10-16)11-5-4-7-15-9-11/h11-12,15H,4-10H2,1-3H3/t11-,12+/m0/s1. The molecule has 1 amide bonds. The number of hydrogen-bond acceptors (Lipinski definition) is 3. The van der Waals surface area contributed by atoms with Crippen LogP contribution in [0.2, 0.25) is 0 Å². The van der Waals surface area contributed by atoms with Gasteiger partial charge in [-0.15, -0.1) is 0 Å². The van der Waals surface area contributed by atoms with E-state index in [1.165, 1.54) is 12.8 Å². The number of ether oxygens (including phenoxy) is 1. The van der Waals surface area contributed by atoms with Gasteiger partial charge in [0.2, 0.25) is 0 Å². The Balaban J connectivity index is 1.82. The van der Waals surface area contributed by atoms with Crippen molar-refractivity contribution in [1.82, 2.24) is 10.2 Å². The van der Waals surface area contributed by atoms with Gasteiger partial charge in [0.25, 0.3) is 0 Å². The van der Waals surface area contributed by atoms with Gasteiger partial charge < -0.3 is 15.0 Å². The molecule has 18 heavy (non-hydrogen) atoms. The van der Waals surface area contributed by atoms with Gasteiger partial charge in [0.1, 0.15) is 5.60 Å². The molecule has 4 nitrogen and oxygen atoms in total. The van der Waals surface area contributed by atoms with Gasteiger partial charge in [-0.1, -0.05) is 0 Å². The third-order valence-corrected chi connectivity index (χ3v) is 3.88. The van der Waals surface area contributed by atoms with Crippen LogP contribution in [0, 0.1) is 11.8 Å². The van der Waals surface area contributed by atoms with Crippen LogP contribution in [0.4, 0.5) is 4.79 Å². The topological polar surface area (TPSA) is 41.6 Å². The van der Waals surface area contributed by atoms with E-state index in [4.69, 9.17) is 4.74 Å². The molecule has 2 aliphatic heterocycles. The third-order valence-electron chi connectivity index (χ3n) is 3.88. The van der Waals surface area contributed by atoms with Crippen molar-refractivity contribution in [3.8, 4) is 0 Å². The molecule has 0 aromatic heterocycles. The van der Waals surface area contributed by atoms with Crippen molar-refractivity contribution in [3.05, 3.63) is 0 Å². The molecule has 2 rings (SSSR count). The molecule has 2 heterocycles. The molecule has 2 fully saturated rings. The van der Waals surface area contributed by atoms with Crippen molar-refractivity contribution in [3.63, 3.8) is 0 Å². The van der Waals surface area contributed by atoms with Crippen molar-refractivity contribution < 1.29 is 9.53 Å². The Bertz CT molecular complexity index is 293. The average molecular weight is 254 g/mol. The van der Waals surface area contributed by atoms with Crippen molar-refractivity contribution >= 4 is 6.09 Å². The highest BCUT2D eigenvalue weighted by Crippen LogP contribution is 2.29. The van der Waals surface area contributed by atoms with Gasteiger partial charge in [0.15, 0.2) is 0 Å². The molecule has 0 aliphatic carbocycles. The second-order valence-electron chi connectivity index (χ2n) is 6.58. The molecule has 4 heteroatoms. The number of rotatable bonds is 1. The third kappa shape index (κ3) is 3.61. The Morgan fingerprint density at radius 1 is 1.28 bits per heavy atom. The zero-order chi connectivity index (χ0) is 13.2. The van der Waals surface area contributed by atoms with Gasteiger partial charge in [0.05, 0.1) is 0 Å². The number of piperidine rings is 1. The SMILES string of the molecule is CC(C)(C)OC(=O)N1CC[C@@H]([C@H]2CCCNC2)C1. The van der Waals surface area contributed by atoms with Crippen LogP contribution in [0.5, 0.6) is 0 Å². The lowest BCUT2D eigenvalue weighted by atomic mass is 9.86. The van der Waals surface area contributed by atoms with E-state index >= 15 is 0 Å². The number of carbonyl (C=O) groups is 1. The molecule has 0 bridgehead atoms. The fourth-order valence-corrected chi connectivity index (χ4v) is 2.95. The molecule has 2 aliphatic rings. The molecule has 1 N–H and O–H groups in total. The van der Waals surface area contributed by atoms with Crippen LogP contribution in [-0.2, 0) is 4.74 Å². The van der Waals surface area contributed by atoms with Crippen LogP contribution in [0.25, 0.3) is 0 Å². The summed E-state index contributed by atoms with van der Waals surface area (Å²) < 4.78 is 5.43. The first-order chi connectivity index (χ1) is 8.46. The summed E-state index contributed by atoms with van der Waals surface area (Å²) in [6.45, 7) is 9.76. The number of carbonyl (C=O) groups excluding carboxylic acids is 1. The van der Waals surface area contributed by atoms with Crippen molar-refractivity contribution in [2.45, 2.75) is 45.6 Å². The van der Waals surface area contributed by atoms with Crippen LogP contribution >= 0.6 is 0 Å². The largest absolute Gasteiger partial charge is 0.444 e. The Kier molecular flexibility index (Phi) is 4.15.